The summed E-state index contributed by atoms with van der Waals surface area (Å²) in [7, 11) is 1.34. The van der Waals surface area contributed by atoms with E-state index in [4.69, 9.17) is 10.2 Å². The molecule has 0 aliphatic heterocycles. The minimum absolute atomic E-state index is 0.125. The first kappa shape index (κ1) is 26.0. The zero-order chi connectivity index (χ0) is 27.5. The number of ketones is 1. The number of aryl methyl sites for hydroxylation is 1. The normalized spacial score (nSPS) is 11.1. The van der Waals surface area contributed by atoms with Gasteiger partial charge in [-0.05, 0) is 24.1 Å². The molecule has 5 aromatic rings. The molecule has 39 heavy (non-hydrogen) atoms. The molecule has 0 bridgehead atoms. The summed E-state index contributed by atoms with van der Waals surface area (Å²) in [6.07, 6.45) is 1.59. The van der Waals surface area contributed by atoms with Crippen molar-refractivity contribution in [3.63, 3.8) is 0 Å². The van der Waals surface area contributed by atoms with Crippen LogP contribution in [0.25, 0.3) is 11.4 Å². The zero-order valence-corrected chi connectivity index (χ0v) is 22.2. The topological polar surface area (TPSA) is 131 Å². The van der Waals surface area contributed by atoms with Crippen LogP contribution < -0.4 is 17.0 Å². The molecule has 0 atom stereocenters. The number of benzene rings is 2. The van der Waals surface area contributed by atoms with Crippen molar-refractivity contribution in [2.45, 2.75) is 25.2 Å². The first-order valence-electron chi connectivity index (χ1n) is 12.2. The lowest BCUT2D eigenvalue weighted by Gasteiger charge is -2.15. The molecule has 0 aliphatic carbocycles. The number of hydrogen-bond acceptors (Lipinski definition) is 8. The summed E-state index contributed by atoms with van der Waals surface area (Å²) in [4.78, 5) is 39.2. The highest BCUT2D eigenvalue weighted by Gasteiger charge is 2.24. The van der Waals surface area contributed by atoms with Crippen molar-refractivity contribution in [3.05, 3.63) is 116 Å². The van der Waals surface area contributed by atoms with Crippen LogP contribution >= 0.6 is 11.8 Å². The van der Waals surface area contributed by atoms with Gasteiger partial charge in [0, 0.05) is 7.05 Å². The average molecular weight is 543 g/mol. The lowest BCUT2D eigenvalue weighted by molar-refractivity contribution is 0.102. The lowest BCUT2D eigenvalue weighted by Crippen LogP contribution is -2.43. The molecule has 0 radical (unpaired) electrons. The molecule has 5 rings (SSSR count). The largest absolute Gasteiger partial charge is 0.469 e. The van der Waals surface area contributed by atoms with Crippen LogP contribution in [0.1, 0.15) is 27.2 Å². The van der Waals surface area contributed by atoms with Gasteiger partial charge in [-0.2, -0.15) is 0 Å². The summed E-state index contributed by atoms with van der Waals surface area (Å²) in [5.41, 5.74) is 7.36. The van der Waals surface area contributed by atoms with Gasteiger partial charge >= 0.3 is 5.69 Å². The van der Waals surface area contributed by atoms with Gasteiger partial charge in [0.2, 0.25) is 0 Å². The molecule has 0 unspecified atom stereocenters. The molecule has 0 spiro atoms. The second-order valence-electron chi connectivity index (χ2n) is 8.96. The number of anilines is 1. The number of carbonyl (C=O) groups excluding carboxylic acids is 1. The molecule has 3 heterocycles. The summed E-state index contributed by atoms with van der Waals surface area (Å²) in [6, 6.07) is 20.9. The number of furan rings is 1. The Kier molecular flexibility index (Phi) is 7.33. The quantitative estimate of drug-likeness (QED) is 0.222. The molecule has 0 amide bonds. The van der Waals surface area contributed by atoms with Crippen molar-refractivity contribution >= 4 is 23.4 Å². The maximum Gasteiger partial charge on any atom is 0.332 e. The molecule has 2 aromatic carbocycles. The van der Waals surface area contributed by atoms with Crippen molar-refractivity contribution in [1.29, 1.82) is 0 Å². The number of aromatic nitrogens is 5. The minimum atomic E-state index is -0.729. The van der Waals surface area contributed by atoms with E-state index >= 15 is 0 Å². The lowest BCUT2D eigenvalue weighted by atomic mass is 10.2. The molecule has 198 valence electrons. The Morgan fingerprint density at radius 1 is 0.923 bits per heavy atom. The maximum atomic E-state index is 13.4. The summed E-state index contributed by atoms with van der Waals surface area (Å²) in [5, 5.41) is 9.21. The Hall–Kier alpha value is -4.64. The van der Waals surface area contributed by atoms with Gasteiger partial charge in [-0.3, -0.25) is 23.3 Å². The summed E-state index contributed by atoms with van der Waals surface area (Å²) in [6.45, 7) is 2.44. The van der Waals surface area contributed by atoms with Crippen LogP contribution in [-0.4, -0.2) is 35.4 Å². The fourth-order valence-electron chi connectivity index (χ4n) is 4.29. The van der Waals surface area contributed by atoms with Gasteiger partial charge in [-0.15, -0.1) is 10.2 Å². The SMILES string of the molecule is Cc1occc1-c1nnc(SCC(=O)c2c(N)n(Cc3ccccc3)c(=O)n(C)c2=O)n1Cc1ccccc1. The van der Waals surface area contributed by atoms with E-state index in [1.54, 1.807) is 6.26 Å². The Bertz CT molecular complexity index is 1750. The minimum Gasteiger partial charge on any atom is -0.469 e. The molecule has 11 heteroatoms. The molecule has 0 saturated carbocycles. The van der Waals surface area contributed by atoms with Gasteiger partial charge in [-0.1, -0.05) is 72.4 Å². The van der Waals surface area contributed by atoms with Gasteiger partial charge in [0.05, 0.1) is 30.7 Å². The van der Waals surface area contributed by atoms with Gasteiger partial charge in [-0.25, -0.2) is 4.79 Å². The molecule has 10 nitrogen and oxygen atoms in total. The average Bonchev–Trinajstić information content (AvgIpc) is 3.55. The van der Waals surface area contributed by atoms with Crippen LogP contribution in [0.4, 0.5) is 5.82 Å². The first-order valence-corrected chi connectivity index (χ1v) is 13.1. The highest BCUT2D eigenvalue weighted by molar-refractivity contribution is 7.99. The Morgan fingerprint density at radius 2 is 1.54 bits per heavy atom. The fourth-order valence-corrected chi connectivity index (χ4v) is 5.10. The molecule has 0 aliphatic rings. The maximum absolute atomic E-state index is 13.4. The summed E-state index contributed by atoms with van der Waals surface area (Å²) >= 11 is 1.15. The molecular formula is C28H26N6O4S. The number of rotatable bonds is 9. The highest BCUT2D eigenvalue weighted by atomic mass is 32.2. The van der Waals surface area contributed by atoms with E-state index in [9.17, 15) is 14.4 Å². The number of hydrogen-bond donors (Lipinski definition) is 1. The van der Waals surface area contributed by atoms with Crippen LogP contribution in [0.3, 0.4) is 0 Å². The van der Waals surface area contributed by atoms with E-state index < -0.39 is 17.0 Å². The summed E-state index contributed by atoms with van der Waals surface area (Å²) < 4.78 is 9.53. The summed E-state index contributed by atoms with van der Waals surface area (Å²) in [5.74, 6) is 0.515. The number of thioether (sulfide) groups is 1. The number of carbonyl (C=O) groups is 1. The molecule has 2 N–H and O–H groups in total. The van der Waals surface area contributed by atoms with E-state index in [1.165, 1.54) is 11.6 Å². The monoisotopic (exact) mass is 542 g/mol. The zero-order valence-electron chi connectivity index (χ0n) is 21.4. The van der Waals surface area contributed by atoms with Gasteiger partial charge in [0.15, 0.2) is 16.8 Å². The molecule has 0 fully saturated rings. The van der Waals surface area contributed by atoms with Gasteiger partial charge in [0.1, 0.15) is 17.1 Å². The third kappa shape index (κ3) is 5.21. The van der Waals surface area contributed by atoms with Crippen molar-refractivity contribution in [2.24, 2.45) is 7.05 Å². The van der Waals surface area contributed by atoms with Crippen LogP contribution in [-0.2, 0) is 20.1 Å². The first-order chi connectivity index (χ1) is 18.8. The van der Waals surface area contributed by atoms with Crippen molar-refractivity contribution in [1.82, 2.24) is 23.9 Å². The van der Waals surface area contributed by atoms with Crippen LogP contribution in [0.5, 0.6) is 0 Å². The van der Waals surface area contributed by atoms with E-state index in [0.29, 0.717) is 23.3 Å². The van der Waals surface area contributed by atoms with E-state index in [1.807, 2.05) is 78.2 Å². The number of nitrogen functional groups attached to an aromatic ring is 1. The number of nitrogens with two attached hydrogens (primary N) is 1. The Labute approximate surface area is 227 Å². The van der Waals surface area contributed by atoms with Crippen LogP contribution in [0.15, 0.2) is 92.2 Å². The number of Topliss-reactive ketones (excluding diaryl/α,β-unsaturated/α-hetero) is 1. The predicted octanol–water partition coefficient (Wildman–Crippen LogP) is 3.36. The van der Waals surface area contributed by atoms with Crippen molar-refractivity contribution in [2.75, 3.05) is 11.5 Å². The van der Waals surface area contributed by atoms with E-state index in [0.717, 1.165) is 33.0 Å². The van der Waals surface area contributed by atoms with Gasteiger partial charge in [0.25, 0.3) is 5.56 Å². The standard InChI is InChI=1S/C28H26N6O4S/c1-18-21(13-14-38-18)25-30-31-27(34(25)16-20-11-7-4-8-12-20)39-17-22(35)23-24(29)33(28(37)32(2)26(23)36)15-19-9-5-3-6-10-19/h3-14H,15-17,29H2,1-2H3. The number of nitrogens with zero attached hydrogens (tertiary/aromatic N) is 5. The van der Waals surface area contributed by atoms with Crippen molar-refractivity contribution < 1.29 is 9.21 Å². The predicted molar refractivity (Wildman–Crippen MR) is 149 cm³/mol. The van der Waals surface area contributed by atoms with Crippen LogP contribution in [0, 0.1) is 6.92 Å². The molecular weight excluding hydrogens is 516 g/mol. The Morgan fingerprint density at radius 3 is 2.13 bits per heavy atom. The third-order valence-corrected chi connectivity index (χ3v) is 7.34. The van der Waals surface area contributed by atoms with E-state index in [-0.39, 0.29) is 23.7 Å². The molecule has 0 saturated heterocycles. The van der Waals surface area contributed by atoms with Crippen LogP contribution in [0.2, 0.25) is 0 Å². The second-order valence-corrected chi connectivity index (χ2v) is 9.90. The van der Waals surface area contributed by atoms with Crippen molar-refractivity contribution in [3.8, 4) is 11.4 Å². The second kappa shape index (κ2) is 11.0. The fraction of sp³-hybridized carbons (Fsp3) is 0.179. The van der Waals surface area contributed by atoms with Gasteiger partial charge < -0.3 is 10.2 Å². The smallest absolute Gasteiger partial charge is 0.332 e. The van der Waals surface area contributed by atoms with E-state index in [2.05, 4.69) is 10.2 Å². The highest BCUT2D eigenvalue weighted by Crippen LogP contribution is 2.28. The third-order valence-electron chi connectivity index (χ3n) is 6.38. The Balaban J connectivity index is 1.46. The molecule has 3 aromatic heterocycles.